The Morgan fingerprint density at radius 1 is 1.32 bits per heavy atom. The van der Waals surface area contributed by atoms with E-state index in [1.165, 1.54) is 0 Å². The maximum atomic E-state index is 12.3. The van der Waals surface area contributed by atoms with Gasteiger partial charge in [0.25, 0.3) is 0 Å². The molecule has 1 saturated heterocycles. The number of morpholine rings is 1. The van der Waals surface area contributed by atoms with Crippen LogP contribution in [0.4, 0.5) is 4.79 Å². The van der Waals surface area contributed by atoms with Crippen LogP contribution >= 0.6 is 27.3 Å². The first-order chi connectivity index (χ1) is 13.6. The summed E-state index contributed by atoms with van der Waals surface area (Å²) in [7, 11) is 1.80. The van der Waals surface area contributed by atoms with Crippen LogP contribution in [-0.2, 0) is 17.8 Å². The molecule has 1 aliphatic heterocycles. The Balaban J connectivity index is 1.41. The van der Waals surface area contributed by atoms with Crippen LogP contribution in [-0.4, -0.2) is 62.3 Å². The second-order valence-electron chi connectivity index (χ2n) is 6.67. The zero-order valence-electron chi connectivity index (χ0n) is 16.0. The van der Waals surface area contributed by atoms with Crippen LogP contribution < -0.4 is 10.1 Å². The lowest BCUT2D eigenvalue weighted by molar-refractivity contribution is 0.0322. The van der Waals surface area contributed by atoms with Crippen LogP contribution in [0.1, 0.15) is 10.4 Å². The summed E-state index contributed by atoms with van der Waals surface area (Å²) >= 11 is 5.08. The fourth-order valence-corrected chi connectivity index (χ4v) is 4.45. The number of nitrogens with one attached hydrogen (secondary N) is 1. The Morgan fingerprint density at radius 3 is 2.89 bits per heavy atom. The molecule has 2 heterocycles. The Bertz CT molecular complexity index is 765. The van der Waals surface area contributed by atoms with E-state index in [4.69, 9.17) is 9.47 Å². The minimum atomic E-state index is -0.0943. The van der Waals surface area contributed by atoms with E-state index in [2.05, 4.69) is 26.1 Å². The van der Waals surface area contributed by atoms with E-state index in [9.17, 15) is 4.79 Å². The van der Waals surface area contributed by atoms with Crippen LogP contribution in [0.2, 0.25) is 0 Å². The average Bonchev–Trinajstić information content (AvgIpc) is 3.12. The molecule has 28 heavy (non-hydrogen) atoms. The first kappa shape index (κ1) is 21.1. The molecule has 8 heteroatoms. The lowest BCUT2D eigenvalue weighted by atomic mass is 10.2. The van der Waals surface area contributed by atoms with E-state index in [0.29, 0.717) is 19.7 Å². The van der Waals surface area contributed by atoms with E-state index in [-0.39, 0.29) is 6.03 Å². The van der Waals surface area contributed by atoms with Crippen LogP contribution in [0, 0.1) is 0 Å². The van der Waals surface area contributed by atoms with Crippen molar-refractivity contribution in [3.8, 4) is 5.75 Å². The molecule has 0 atom stereocenters. The lowest BCUT2D eigenvalue weighted by Gasteiger charge is -2.26. The fourth-order valence-electron chi connectivity index (χ4n) is 2.92. The number of urea groups is 1. The molecule has 0 unspecified atom stereocenters. The average molecular weight is 468 g/mol. The van der Waals surface area contributed by atoms with Gasteiger partial charge in [-0.05, 0) is 45.8 Å². The minimum Gasteiger partial charge on any atom is -0.492 e. The molecule has 2 aromatic rings. The van der Waals surface area contributed by atoms with Gasteiger partial charge >= 0.3 is 6.03 Å². The molecule has 0 radical (unpaired) electrons. The van der Waals surface area contributed by atoms with Crippen molar-refractivity contribution in [3.05, 3.63) is 50.6 Å². The number of benzene rings is 1. The molecule has 0 bridgehead atoms. The van der Waals surface area contributed by atoms with Crippen molar-refractivity contribution < 1.29 is 14.3 Å². The fraction of sp³-hybridized carbons (Fsp3) is 0.450. The van der Waals surface area contributed by atoms with Gasteiger partial charge in [0.2, 0.25) is 0 Å². The Hall–Kier alpha value is -1.61. The van der Waals surface area contributed by atoms with Gasteiger partial charge in [-0.25, -0.2) is 4.79 Å². The maximum absolute atomic E-state index is 12.3. The SMILES string of the molecule is CN(Cc1ccc(Br)s1)C(=O)NCc1cccc(OCCN2CCOCC2)c1. The van der Waals surface area contributed by atoms with Crippen molar-refractivity contribution in [1.29, 1.82) is 0 Å². The number of rotatable bonds is 8. The molecule has 1 aliphatic rings. The summed E-state index contributed by atoms with van der Waals surface area (Å²) in [5, 5.41) is 2.96. The molecule has 152 valence electrons. The van der Waals surface area contributed by atoms with E-state index >= 15 is 0 Å². The van der Waals surface area contributed by atoms with Crippen molar-refractivity contribution in [2.75, 3.05) is 46.5 Å². The van der Waals surface area contributed by atoms with Crippen molar-refractivity contribution in [2.45, 2.75) is 13.1 Å². The number of halogens is 1. The third-order valence-electron chi connectivity index (χ3n) is 4.49. The number of carbonyl (C=O) groups is 1. The van der Waals surface area contributed by atoms with Gasteiger partial charge in [-0.15, -0.1) is 11.3 Å². The van der Waals surface area contributed by atoms with E-state index < -0.39 is 0 Å². The lowest BCUT2D eigenvalue weighted by Crippen LogP contribution is -2.38. The number of carbonyl (C=O) groups excluding carboxylic acids is 1. The molecule has 1 N–H and O–H groups in total. The first-order valence-electron chi connectivity index (χ1n) is 9.35. The highest BCUT2D eigenvalue weighted by Crippen LogP contribution is 2.23. The van der Waals surface area contributed by atoms with E-state index in [0.717, 1.165) is 52.8 Å². The van der Waals surface area contributed by atoms with Gasteiger partial charge in [-0.3, -0.25) is 4.90 Å². The predicted molar refractivity (Wildman–Crippen MR) is 115 cm³/mol. The first-order valence-corrected chi connectivity index (χ1v) is 11.0. The normalized spacial score (nSPS) is 14.6. The van der Waals surface area contributed by atoms with Gasteiger partial charge in [0.1, 0.15) is 12.4 Å². The van der Waals surface area contributed by atoms with Crippen LogP contribution in [0.5, 0.6) is 5.75 Å². The van der Waals surface area contributed by atoms with Crippen molar-refractivity contribution in [1.82, 2.24) is 15.1 Å². The zero-order chi connectivity index (χ0) is 19.8. The molecule has 3 rings (SSSR count). The monoisotopic (exact) mass is 467 g/mol. The minimum absolute atomic E-state index is 0.0943. The molecule has 0 aliphatic carbocycles. The number of hydrogen-bond donors (Lipinski definition) is 1. The number of thiophene rings is 1. The number of ether oxygens (including phenoxy) is 2. The molecule has 2 amide bonds. The molecule has 1 aromatic carbocycles. The molecule has 0 saturated carbocycles. The highest BCUT2D eigenvalue weighted by atomic mass is 79.9. The number of amides is 2. The highest BCUT2D eigenvalue weighted by Gasteiger charge is 2.11. The number of hydrogen-bond acceptors (Lipinski definition) is 5. The Labute approximate surface area is 178 Å². The molecular formula is C20H26BrN3O3S. The van der Waals surface area contributed by atoms with Crippen molar-refractivity contribution in [3.63, 3.8) is 0 Å². The summed E-state index contributed by atoms with van der Waals surface area (Å²) < 4.78 is 12.3. The zero-order valence-corrected chi connectivity index (χ0v) is 18.4. The summed E-state index contributed by atoms with van der Waals surface area (Å²) in [6, 6.07) is 11.8. The molecular weight excluding hydrogens is 442 g/mol. The van der Waals surface area contributed by atoms with Gasteiger partial charge in [-0.2, -0.15) is 0 Å². The Kier molecular flexibility index (Phi) is 8.14. The van der Waals surface area contributed by atoms with Gasteiger partial charge < -0.3 is 19.7 Å². The summed E-state index contributed by atoms with van der Waals surface area (Å²) in [6.45, 7) is 6.13. The van der Waals surface area contributed by atoms with Crippen LogP contribution in [0.25, 0.3) is 0 Å². The summed E-state index contributed by atoms with van der Waals surface area (Å²) in [5.41, 5.74) is 1.02. The molecule has 1 fully saturated rings. The predicted octanol–water partition coefficient (Wildman–Crippen LogP) is 3.56. The third kappa shape index (κ3) is 6.77. The third-order valence-corrected chi connectivity index (χ3v) is 6.10. The largest absolute Gasteiger partial charge is 0.492 e. The Morgan fingerprint density at radius 2 is 2.14 bits per heavy atom. The molecule has 6 nitrogen and oxygen atoms in total. The molecule has 0 spiro atoms. The summed E-state index contributed by atoms with van der Waals surface area (Å²) in [4.78, 5) is 17.5. The standard InChI is InChI=1S/C20H26BrN3O3S/c1-23(15-18-5-6-19(21)28-18)20(25)22-14-16-3-2-4-17(13-16)27-12-9-24-7-10-26-11-8-24/h2-6,13H,7-12,14-15H2,1H3,(H,22,25). The van der Waals surface area contributed by atoms with Crippen LogP contribution in [0.3, 0.4) is 0 Å². The molecule has 1 aromatic heterocycles. The topological polar surface area (TPSA) is 54.0 Å². The van der Waals surface area contributed by atoms with Crippen molar-refractivity contribution in [2.24, 2.45) is 0 Å². The van der Waals surface area contributed by atoms with Crippen molar-refractivity contribution >= 4 is 33.3 Å². The summed E-state index contributed by atoms with van der Waals surface area (Å²) in [6.07, 6.45) is 0. The van der Waals surface area contributed by atoms with Gasteiger partial charge in [0, 0.05) is 38.1 Å². The van der Waals surface area contributed by atoms with Gasteiger partial charge in [0.05, 0.1) is 23.5 Å². The highest BCUT2D eigenvalue weighted by molar-refractivity contribution is 9.11. The summed E-state index contributed by atoms with van der Waals surface area (Å²) in [5.74, 6) is 0.830. The smallest absolute Gasteiger partial charge is 0.317 e. The van der Waals surface area contributed by atoms with Gasteiger partial charge in [0.15, 0.2) is 0 Å². The second kappa shape index (κ2) is 10.8. The van der Waals surface area contributed by atoms with E-state index in [1.807, 2.05) is 36.4 Å². The van der Waals surface area contributed by atoms with E-state index in [1.54, 1.807) is 23.3 Å². The maximum Gasteiger partial charge on any atom is 0.317 e. The quantitative estimate of drug-likeness (QED) is 0.644. The second-order valence-corrected chi connectivity index (χ2v) is 9.22. The number of nitrogens with zero attached hydrogens (tertiary/aromatic N) is 2. The van der Waals surface area contributed by atoms with Crippen LogP contribution in [0.15, 0.2) is 40.2 Å². The van der Waals surface area contributed by atoms with Gasteiger partial charge in [-0.1, -0.05) is 12.1 Å².